The van der Waals surface area contributed by atoms with Crippen molar-refractivity contribution in [2.75, 3.05) is 19.8 Å². The summed E-state index contributed by atoms with van der Waals surface area (Å²) >= 11 is 0. The monoisotopic (exact) mass is 334 g/mol. The van der Waals surface area contributed by atoms with Gasteiger partial charge in [0.1, 0.15) is 6.23 Å². The van der Waals surface area contributed by atoms with Gasteiger partial charge in [-0.1, -0.05) is 30.3 Å². The zero-order chi connectivity index (χ0) is 17.4. The van der Waals surface area contributed by atoms with Gasteiger partial charge in [0.2, 0.25) is 0 Å². The minimum Gasteiger partial charge on any atom is -0.394 e. The molecule has 0 radical (unpaired) electrons. The number of hydrogen-bond donors (Lipinski definition) is 2. The summed E-state index contributed by atoms with van der Waals surface area (Å²) in [6.45, 7) is 2.39. The number of aromatic nitrogens is 2. The number of H-pyrrole nitrogens is 1. The van der Waals surface area contributed by atoms with E-state index in [1.54, 1.807) is 6.92 Å². The van der Waals surface area contributed by atoms with Crippen LogP contribution < -0.4 is 11.2 Å². The molecule has 1 aromatic carbocycles. The number of rotatable bonds is 9. The van der Waals surface area contributed by atoms with Crippen LogP contribution in [0.1, 0.15) is 23.8 Å². The zero-order valence-electron chi connectivity index (χ0n) is 13.6. The standard InChI is InChI=1S/C17H22N2O5/c1-13-11-19(17(22)18-16(13)21)15(24-10-8-20)7-9-23-12-14-5-3-2-4-6-14/h2-6,11,15,20H,7-10,12H2,1H3,(H,18,21,22). The number of nitrogens with zero attached hydrogens (tertiary/aromatic N) is 1. The number of hydrogen-bond acceptors (Lipinski definition) is 5. The van der Waals surface area contributed by atoms with Crippen molar-refractivity contribution in [3.05, 3.63) is 68.5 Å². The number of nitrogens with one attached hydrogen (secondary N) is 1. The molecule has 0 spiro atoms. The van der Waals surface area contributed by atoms with Crippen molar-refractivity contribution in [1.82, 2.24) is 9.55 Å². The van der Waals surface area contributed by atoms with Gasteiger partial charge in [-0.2, -0.15) is 0 Å². The van der Waals surface area contributed by atoms with E-state index in [-0.39, 0.29) is 13.2 Å². The van der Waals surface area contributed by atoms with Crippen molar-refractivity contribution in [2.24, 2.45) is 0 Å². The van der Waals surface area contributed by atoms with Gasteiger partial charge in [-0.25, -0.2) is 4.79 Å². The maximum absolute atomic E-state index is 12.0. The van der Waals surface area contributed by atoms with Crippen LogP contribution in [0.2, 0.25) is 0 Å². The fourth-order valence-electron chi connectivity index (χ4n) is 2.24. The molecule has 1 aromatic heterocycles. The van der Waals surface area contributed by atoms with Crippen molar-refractivity contribution in [3.63, 3.8) is 0 Å². The van der Waals surface area contributed by atoms with Gasteiger partial charge < -0.3 is 14.6 Å². The van der Waals surface area contributed by atoms with Gasteiger partial charge in [-0.05, 0) is 12.5 Å². The van der Waals surface area contributed by atoms with Crippen LogP contribution in [0.4, 0.5) is 0 Å². The van der Waals surface area contributed by atoms with Crippen LogP contribution >= 0.6 is 0 Å². The quantitative estimate of drug-likeness (QED) is 0.666. The van der Waals surface area contributed by atoms with E-state index in [4.69, 9.17) is 14.6 Å². The smallest absolute Gasteiger partial charge is 0.330 e. The molecule has 7 heteroatoms. The largest absolute Gasteiger partial charge is 0.394 e. The van der Waals surface area contributed by atoms with Crippen molar-refractivity contribution < 1.29 is 14.6 Å². The molecule has 2 aromatic rings. The van der Waals surface area contributed by atoms with E-state index >= 15 is 0 Å². The second-order valence-corrected chi connectivity index (χ2v) is 5.35. The highest BCUT2D eigenvalue weighted by atomic mass is 16.5. The van der Waals surface area contributed by atoms with E-state index in [0.29, 0.717) is 25.2 Å². The molecule has 0 aliphatic heterocycles. The Hall–Kier alpha value is -2.22. The summed E-state index contributed by atoms with van der Waals surface area (Å²) in [5.74, 6) is 0. The molecular weight excluding hydrogens is 312 g/mol. The first-order valence-corrected chi connectivity index (χ1v) is 7.78. The molecule has 7 nitrogen and oxygen atoms in total. The fraction of sp³-hybridized carbons (Fsp3) is 0.412. The van der Waals surface area contributed by atoms with Gasteiger partial charge >= 0.3 is 5.69 Å². The third-order valence-corrected chi connectivity index (χ3v) is 3.48. The number of benzene rings is 1. The van der Waals surface area contributed by atoms with Crippen molar-refractivity contribution >= 4 is 0 Å². The molecule has 0 aliphatic rings. The fourth-order valence-corrected chi connectivity index (χ4v) is 2.24. The van der Waals surface area contributed by atoms with Gasteiger partial charge in [0, 0.05) is 18.2 Å². The third kappa shape index (κ3) is 5.16. The van der Waals surface area contributed by atoms with Gasteiger partial charge in [0.15, 0.2) is 0 Å². The molecule has 2 rings (SSSR count). The predicted octanol–water partition coefficient (Wildman–Crippen LogP) is 0.959. The third-order valence-electron chi connectivity index (χ3n) is 3.48. The van der Waals surface area contributed by atoms with Crippen LogP contribution in [0.15, 0.2) is 46.1 Å². The Balaban J connectivity index is 1.99. The Morgan fingerprint density at radius 2 is 1.96 bits per heavy atom. The molecule has 0 saturated carbocycles. The lowest BCUT2D eigenvalue weighted by molar-refractivity contribution is -0.0396. The van der Waals surface area contributed by atoms with Gasteiger partial charge in [0.25, 0.3) is 5.56 Å². The molecular formula is C17H22N2O5. The molecule has 1 atom stereocenters. The van der Waals surface area contributed by atoms with Crippen molar-refractivity contribution in [3.8, 4) is 0 Å². The molecule has 0 aliphatic carbocycles. The molecule has 0 fully saturated rings. The van der Waals surface area contributed by atoms with Crippen LogP contribution in [0, 0.1) is 6.92 Å². The van der Waals surface area contributed by atoms with Crippen molar-refractivity contribution in [1.29, 1.82) is 0 Å². The van der Waals surface area contributed by atoms with E-state index in [9.17, 15) is 9.59 Å². The summed E-state index contributed by atoms with van der Waals surface area (Å²) in [7, 11) is 0. The van der Waals surface area contributed by atoms with Crippen LogP contribution in [0.25, 0.3) is 0 Å². The Bertz CT molecular complexity index is 739. The van der Waals surface area contributed by atoms with E-state index in [0.717, 1.165) is 5.56 Å². The van der Waals surface area contributed by atoms with E-state index in [1.807, 2.05) is 30.3 Å². The van der Waals surface area contributed by atoms with Gasteiger partial charge in [-0.3, -0.25) is 14.3 Å². The summed E-state index contributed by atoms with van der Waals surface area (Å²) < 4.78 is 12.4. The summed E-state index contributed by atoms with van der Waals surface area (Å²) in [5.41, 5.74) is 0.508. The maximum Gasteiger partial charge on any atom is 0.330 e. The van der Waals surface area contributed by atoms with Crippen LogP contribution in [-0.2, 0) is 16.1 Å². The summed E-state index contributed by atoms with van der Waals surface area (Å²) in [5, 5.41) is 8.95. The highest BCUT2D eigenvalue weighted by molar-refractivity contribution is 5.13. The Labute approximate surface area is 139 Å². The highest BCUT2D eigenvalue weighted by Crippen LogP contribution is 2.12. The predicted molar refractivity (Wildman–Crippen MR) is 88.8 cm³/mol. The average molecular weight is 334 g/mol. The minimum absolute atomic E-state index is 0.0912. The first-order valence-electron chi connectivity index (χ1n) is 7.78. The molecule has 0 amide bonds. The number of aliphatic hydroxyl groups is 1. The van der Waals surface area contributed by atoms with E-state index < -0.39 is 17.5 Å². The Kier molecular flexibility index (Phi) is 6.92. The maximum atomic E-state index is 12.0. The summed E-state index contributed by atoms with van der Waals surface area (Å²) in [6.07, 6.45) is 1.26. The lowest BCUT2D eigenvalue weighted by atomic mass is 10.2. The number of aliphatic hydroxyl groups excluding tert-OH is 1. The van der Waals surface area contributed by atoms with Gasteiger partial charge in [0.05, 0.1) is 26.4 Å². The normalized spacial score (nSPS) is 12.2. The molecule has 0 bridgehead atoms. The molecule has 2 N–H and O–H groups in total. The lowest BCUT2D eigenvalue weighted by Gasteiger charge is -2.20. The SMILES string of the molecule is Cc1cn(C(CCOCc2ccccc2)OCCO)c(=O)[nH]c1=O. The zero-order valence-corrected chi connectivity index (χ0v) is 13.6. The first-order chi connectivity index (χ1) is 11.6. The van der Waals surface area contributed by atoms with E-state index in [1.165, 1.54) is 10.8 Å². The van der Waals surface area contributed by atoms with Crippen LogP contribution in [0.3, 0.4) is 0 Å². The molecule has 130 valence electrons. The molecule has 24 heavy (non-hydrogen) atoms. The number of aromatic amines is 1. The number of aryl methyl sites for hydroxylation is 1. The summed E-state index contributed by atoms with van der Waals surface area (Å²) in [6, 6.07) is 9.75. The average Bonchev–Trinajstić information content (AvgIpc) is 2.59. The Morgan fingerprint density at radius 1 is 1.21 bits per heavy atom. The van der Waals surface area contributed by atoms with Crippen LogP contribution in [0.5, 0.6) is 0 Å². The lowest BCUT2D eigenvalue weighted by Crippen LogP contribution is -2.35. The number of ether oxygens (including phenoxy) is 2. The van der Waals surface area contributed by atoms with Crippen molar-refractivity contribution in [2.45, 2.75) is 26.2 Å². The minimum atomic E-state index is -0.615. The summed E-state index contributed by atoms with van der Waals surface area (Å²) in [4.78, 5) is 25.7. The molecule has 1 heterocycles. The van der Waals surface area contributed by atoms with E-state index in [2.05, 4.69) is 4.98 Å². The van der Waals surface area contributed by atoms with Crippen LogP contribution in [-0.4, -0.2) is 34.5 Å². The topological polar surface area (TPSA) is 93.6 Å². The molecule has 1 unspecified atom stereocenters. The second-order valence-electron chi connectivity index (χ2n) is 5.35. The second kappa shape index (κ2) is 9.17. The highest BCUT2D eigenvalue weighted by Gasteiger charge is 2.14. The van der Waals surface area contributed by atoms with Gasteiger partial charge in [-0.15, -0.1) is 0 Å². The Morgan fingerprint density at radius 3 is 2.67 bits per heavy atom. The molecule has 0 saturated heterocycles. The first kappa shape index (κ1) is 18.1.